The van der Waals surface area contributed by atoms with Gasteiger partial charge in [0, 0.05) is 6.54 Å². The predicted molar refractivity (Wildman–Crippen MR) is 74.2 cm³/mol. The van der Waals surface area contributed by atoms with Gasteiger partial charge in [-0.3, -0.25) is 4.79 Å². The van der Waals surface area contributed by atoms with Crippen LogP contribution >= 0.6 is 0 Å². The van der Waals surface area contributed by atoms with Crippen LogP contribution in [0, 0.1) is 6.92 Å². The summed E-state index contributed by atoms with van der Waals surface area (Å²) in [6.07, 6.45) is 0.634. The molecule has 19 heavy (non-hydrogen) atoms. The molecule has 0 bridgehead atoms. The molecule has 0 atom stereocenters. The molecule has 0 radical (unpaired) electrons. The minimum Gasteiger partial charge on any atom is -0.474 e. The third-order valence-corrected chi connectivity index (χ3v) is 3.08. The van der Waals surface area contributed by atoms with Gasteiger partial charge in [0.1, 0.15) is 0 Å². The Labute approximate surface area is 113 Å². The number of carbonyl (C=O) groups excluding carboxylic acids is 1. The fraction of sp³-hybridized carbons (Fsp3) is 0.467. The lowest BCUT2D eigenvalue weighted by atomic mass is 9.85. The highest BCUT2D eigenvalue weighted by Gasteiger charge is 2.14. The van der Waals surface area contributed by atoms with E-state index < -0.39 is 11.9 Å². The van der Waals surface area contributed by atoms with Gasteiger partial charge in [-0.05, 0) is 35.4 Å². The largest absolute Gasteiger partial charge is 0.474 e. The topological polar surface area (TPSA) is 66.4 Å². The van der Waals surface area contributed by atoms with Crippen molar-refractivity contribution in [1.29, 1.82) is 0 Å². The molecule has 4 heteroatoms. The number of carboxylic acids is 1. The van der Waals surface area contributed by atoms with Gasteiger partial charge in [0.2, 0.25) is 0 Å². The number of carbonyl (C=O) groups is 2. The van der Waals surface area contributed by atoms with Crippen LogP contribution in [0.2, 0.25) is 0 Å². The molecular formula is C15H21NO3. The summed E-state index contributed by atoms with van der Waals surface area (Å²) in [5.41, 5.74) is 3.67. The van der Waals surface area contributed by atoms with Crippen LogP contribution in [0.25, 0.3) is 0 Å². The van der Waals surface area contributed by atoms with E-state index in [1.54, 1.807) is 0 Å². The van der Waals surface area contributed by atoms with Crippen LogP contribution in [0.5, 0.6) is 0 Å². The highest BCUT2D eigenvalue weighted by atomic mass is 16.4. The lowest BCUT2D eigenvalue weighted by Gasteiger charge is -2.20. The Kier molecular flexibility index (Phi) is 4.70. The molecule has 1 aromatic rings. The molecule has 0 saturated carbocycles. The predicted octanol–water partition coefficient (Wildman–Crippen LogP) is 2.04. The van der Waals surface area contributed by atoms with E-state index in [1.807, 2.05) is 13.0 Å². The normalized spacial score (nSPS) is 11.2. The zero-order valence-corrected chi connectivity index (χ0v) is 11.9. The van der Waals surface area contributed by atoms with Crippen LogP contribution in [0.4, 0.5) is 0 Å². The number of amides is 1. The third-order valence-electron chi connectivity index (χ3n) is 3.08. The Morgan fingerprint density at radius 2 is 1.89 bits per heavy atom. The maximum absolute atomic E-state index is 10.9. The average molecular weight is 263 g/mol. The Bertz CT molecular complexity index is 487. The minimum atomic E-state index is -1.44. The molecule has 0 spiro atoms. The number of benzene rings is 1. The molecule has 104 valence electrons. The molecule has 0 saturated heterocycles. The molecule has 0 unspecified atom stereocenters. The number of aliphatic carboxylic acids is 1. The first-order valence-corrected chi connectivity index (χ1v) is 6.33. The maximum Gasteiger partial charge on any atom is 0.394 e. The summed E-state index contributed by atoms with van der Waals surface area (Å²) < 4.78 is 0. The molecule has 1 amide bonds. The van der Waals surface area contributed by atoms with E-state index in [4.69, 9.17) is 5.11 Å². The van der Waals surface area contributed by atoms with E-state index in [-0.39, 0.29) is 5.41 Å². The summed E-state index contributed by atoms with van der Waals surface area (Å²) in [5, 5.41) is 10.8. The van der Waals surface area contributed by atoms with Crippen molar-refractivity contribution in [2.75, 3.05) is 6.54 Å². The van der Waals surface area contributed by atoms with Crippen LogP contribution < -0.4 is 5.32 Å². The molecule has 1 rings (SSSR count). The van der Waals surface area contributed by atoms with Crippen LogP contribution in [0.15, 0.2) is 18.2 Å². The lowest BCUT2D eigenvalue weighted by molar-refractivity contribution is -0.150. The van der Waals surface area contributed by atoms with Gasteiger partial charge in [-0.1, -0.05) is 39.0 Å². The van der Waals surface area contributed by atoms with Gasteiger partial charge in [-0.2, -0.15) is 0 Å². The Hall–Kier alpha value is -1.84. The first kappa shape index (κ1) is 15.2. The van der Waals surface area contributed by atoms with E-state index in [1.165, 1.54) is 5.56 Å². The molecular weight excluding hydrogens is 242 g/mol. The van der Waals surface area contributed by atoms with Crippen LogP contribution in [-0.2, 0) is 21.4 Å². The zero-order chi connectivity index (χ0) is 14.6. The third kappa shape index (κ3) is 4.39. The van der Waals surface area contributed by atoms with Crippen molar-refractivity contribution in [2.45, 2.75) is 39.5 Å². The van der Waals surface area contributed by atoms with Crippen LogP contribution in [0.3, 0.4) is 0 Å². The summed E-state index contributed by atoms with van der Waals surface area (Å²) >= 11 is 0. The summed E-state index contributed by atoms with van der Waals surface area (Å²) in [6.45, 7) is 8.85. The first-order chi connectivity index (χ1) is 8.71. The van der Waals surface area contributed by atoms with Crippen molar-refractivity contribution >= 4 is 11.9 Å². The van der Waals surface area contributed by atoms with Gasteiger partial charge in [0.15, 0.2) is 0 Å². The van der Waals surface area contributed by atoms with Crippen LogP contribution in [0.1, 0.15) is 37.5 Å². The van der Waals surface area contributed by atoms with Crippen molar-refractivity contribution in [2.24, 2.45) is 0 Å². The van der Waals surface area contributed by atoms with E-state index in [0.717, 1.165) is 11.1 Å². The van der Waals surface area contributed by atoms with E-state index >= 15 is 0 Å². The highest BCUT2D eigenvalue weighted by Crippen LogP contribution is 2.24. The summed E-state index contributed by atoms with van der Waals surface area (Å²) in [4.78, 5) is 21.2. The van der Waals surface area contributed by atoms with Gasteiger partial charge in [-0.25, -0.2) is 4.79 Å². The fourth-order valence-electron chi connectivity index (χ4n) is 1.83. The number of nitrogens with one attached hydrogen (secondary N) is 1. The van der Waals surface area contributed by atoms with Gasteiger partial charge < -0.3 is 10.4 Å². The van der Waals surface area contributed by atoms with Crippen molar-refractivity contribution in [1.82, 2.24) is 5.32 Å². The van der Waals surface area contributed by atoms with E-state index in [0.29, 0.717) is 13.0 Å². The van der Waals surface area contributed by atoms with Crippen LogP contribution in [-0.4, -0.2) is 23.5 Å². The smallest absolute Gasteiger partial charge is 0.394 e. The van der Waals surface area contributed by atoms with Gasteiger partial charge in [0.05, 0.1) is 0 Å². The molecule has 4 nitrogen and oxygen atoms in total. The molecule has 1 aromatic carbocycles. The summed E-state index contributed by atoms with van der Waals surface area (Å²) in [5.74, 6) is -2.40. The molecule has 2 N–H and O–H groups in total. The van der Waals surface area contributed by atoms with Crippen molar-refractivity contribution in [3.05, 3.63) is 34.9 Å². The Balaban J connectivity index is 2.66. The standard InChI is InChI=1S/C15H21NO3/c1-10-9-12(15(2,3)4)6-5-11(10)7-8-16-13(17)14(18)19/h5-6,9H,7-8H2,1-4H3,(H,16,17)(H,18,19). The van der Waals surface area contributed by atoms with Gasteiger partial charge in [-0.15, -0.1) is 0 Å². The second kappa shape index (κ2) is 5.87. The molecule has 0 aliphatic rings. The Morgan fingerprint density at radius 1 is 1.26 bits per heavy atom. The number of aryl methyl sites for hydroxylation is 1. The molecule has 0 heterocycles. The second-order valence-electron chi connectivity index (χ2n) is 5.70. The number of rotatable bonds is 3. The van der Waals surface area contributed by atoms with Crippen molar-refractivity contribution in [3.8, 4) is 0 Å². The summed E-state index contributed by atoms with van der Waals surface area (Å²) in [7, 11) is 0. The molecule has 0 aromatic heterocycles. The van der Waals surface area contributed by atoms with E-state index in [2.05, 4.69) is 38.2 Å². The van der Waals surface area contributed by atoms with E-state index in [9.17, 15) is 9.59 Å². The maximum atomic E-state index is 10.9. The van der Waals surface area contributed by atoms with Crippen molar-refractivity contribution in [3.63, 3.8) is 0 Å². The first-order valence-electron chi connectivity index (χ1n) is 6.33. The van der Waals surface area contributed by atoms with Gasteiger partial charge in [0.25, 0.3) is 0 Å². The minimum absolute atomic E-state index is 0.112. The fourth-order valence-corrected chi connectivity index (χ4v) is 1.83. The Morgan fingerprint density at radius 3 is 2.37 bits per heavy atom. The number of hydrogen-bond acceptors (Lipinski definition) is 2. The molecule has 0 fully saturated rings. The highest BCUT2D eigenvalue weighted by molar-refractivity contribution is 6.31. The molecule has 0 aliphatic heterocycles. The van der Waals surface area contributed by atoms with Crippen molar-refractivity contribution < 1.29 is 14.7 Å². The lowest BCUT2D eigenvalue weighted by Crippen LogP contribution is -2.32. The van der Waals surface area contributed by atoms with Gasteiger partial charge >= 0.3 is 11.9 Å². The SMILES string of the molecule is Cc1cc(C(C)(C)C)ccc1CCNC(=O)C(=O)O. The second-order valence-corrected chi connectivity index (χ2v) is 5.70. The summed E-state index contributed by atoms with van der Waals surface area (Å²) in [6, 6.07) is 6.28. The average Bonchev–Trinajstić information content (AvgIpc) is 2.29. The quantitative estimate of drug-likeness (QED) is 0.820. The zero-order valence-electron chi connectivity index (χ0n) is 11.9. The molecule has 0 aliphatic carbocycles. The number of carboxylic acid groups (broad SMARTS) is 1. The number of hydrogen-bond donors (Lipinski definition) is 2. The monoisotopic (exact) mass is 263 g/mol.